The minimum atomic E-state index is -0.533. The van der Waals surface area contributed by atoms with Crippen molar-refractivity contribution in [3.8, 4) is 5.75 Å². The van der Waals surface area contributed by atoms with Gasteiger partial charge in [-0.15, -0.1) is 0 Å². The lowest BCUT2D eigenvalue weighted by molar-refractivity contribution is 0.00741. The maximum atomic E-state index is 10.4. The Morgan fingerprint density at radius 2 is 2.12 bits per heavy atom. The predicted molar refractivity (Wildman–Crippen MR) is 65.9 cm³/mol. The van der Waals surface area contributed by atoms with Gasteiger partial charge >= 0.3 is 0 Å². The number of para-hydroxylation sites is 1. The molecule has 1 fully saturated rings. The SMILES string of the molecule is COc1cccc(C(O)C2CCOCC2)c1N. The van der Waals surface area contributed by atoms with Gasteiger partial charge in [0.2, 0.25) is 0 Å². The molecule has 0 amide bonds. The Kier molecular flexibility index (Phi) is 3.86. The van der Waals surface area contributed by atoms with Gasteiger partial charge in [-0.05, 0) is 24.8 Å². The molecule has 1 aromatic carbocycles. The number of ether oxygens (including phenoxy) is 2. The minimum Gasteiger partial charge on any atom is -0.495 e. The van der Waals surface area contributed by atoms with Crippen LogP contribution in [0.15, 0.2) is 18.2 Å². The third-order valence-corrected chi connectivity index (χ3v) is 3.35. The van der Waals surface area contributed by atoms with Crippen molar-refractivity contribution in [1.29, 1.82) is 0 Å². The average Bonchev–Trinajstić information content (AvgIpc) is 2.39. The summed E-state index contributed by atoms with van der Waals surface area (Å²) in [6.45, 7) is 1.43. The summed E-state index contributed by atoms with van der Waals surface area (Å²) in [5, 5.41) is 10.4. The molecule has 1 aliphatic rings. The summed E-state index contributed by atoms with van der Waals surface area (Å²) in [5.74, 6) is 0.840. The Bertz CT molecular complexity index is 375. The Hall–Kier alpha value is -1.26. The van der Waals surface area contributed by atoms with Crippen LogP contribution < -0.4 is 10.5 Å². The summed E-state index contributed by atoms with van der Waals surface area (Å²) < 4.78 is 10.5. The number of hydrogen-bond donors (Lipinski definition) is 2. The normalized spacial score (nSPS) is 18.9. The van der Waals surface area contributed by atoms with Crippen molar-refractivity contribution in [3.05, 3.63) is 23.8 Å². The lowest BCUT2D eigenvalue weighted by atomic mass is 9.88. The van der Waals surface area contributed by atoms with Gasteiger partial charge in [0, 0.05) is 18.8 Å². The zero-order valence-corrected chi connectivity index (χ0v) is 10.1. The van der Waals surface area contributed by atoms with E-state index in [1.54, 1.807) is 13.2 Å². The standard InChI is InChI=1S/C13H19NO3/c1-16-11-4-2-3-10(12(11)14)13(15)9-5-7-17-8-6-9/h2-4,9,13,15H,5-8,14H2,1H3. The van der Waals surface area contributed by atoms with E-state index >= 15 is 0 Å². The minimum absolute atomic E-state index is 0.221. The predicted octanol–water partition coefficient (Wildman–Crippen LogP) is 1.74. The second kappa shape index (κ2) is 5.38. The van der Waals surface area contributed by atoms with Crippen molar-refractivity contribution in [2.75, 3.05) is 26.1 Å². The number of aliphatic hydroxyl groups excluding tert-OH is 1. The first kappa shape index (κ1) is 12.2. The van der Waals surface area contributed by atoms with Crippen molar-refractivity contribution in [2.24, 2.45) is 5.92 Å². The highest BCUT2D eigenvalue weighted by Crippen LogP contribution is 2.36. The molecule has 1 heterocycles. The summed E-state index contributed by atoms with van der Waals surface area (Å²) >= 11 is 0. The molecule has 17 heavy (non-hydrogen) atoms. The fourth-order valence-corrected chi connectivity index (χ4v) is 2.28. The molecule has 1 unspecified atom stereocenters. The van der Waals surface area contributed by atoms with Crippen LogP contribution in [0.3, 0.4) is 0 Å². The van der Waals surface area contributed by atoms with Crippen LogP contribution in [0, 0.1) is 5.92 Å². The average molecular weight is 237 g/mol. The van der Waals surface area contributed by atoms with Crippen LogP contribution >= 0.6 is 0 Å². The molecule has 4 nitrogen and oxygen atoms in total. The first-order valence-electron chi connectivity index (χ1n) is 5.92. The molecule has 0 spiro atoms. The van der Waals surface area contributed by atoms with Gasteiger partial charge in [-0.2, -0.15) is 0 Å². The number of rotatable bonds is 3. The molecular weight excluding hydrogens is 218 g/mol. The van der Waals surface area contributed by atoms with Gasteiger partial charge in [0.1, 0.15) is 5.75 Å². The summed E-state index contributed by atoms with van der Waals surface area (Å²) in [4.78, 5) is 0. The van der Waals surface area contributed by atoms with E-state index in [0.29, 0.717) is 24.7 Å². The van der Waals surface area contributed by atoms with Gasteiger partial charge < -0.3 is 20.3 Å². The lowest BCUT2D eigenvalue weighted by Crippen LogP contribution is -2.22. The quantitative estimate of drug-likeness (QED) is 0.786. The highest BCUT2D eigenvalue weighted by atomic mass is 16.5. The van der Waals surface area contributed by atoms with Crippen molar-refractivity contribution < 1.29 is 14.6 Å². The zero-order valence-electron chi connectivity index (χ0n) is 10.1. The fourth-order valence-electron chi connectivity index (χ4n) is 2.28. The van der Waals surface area contributed by atoms with Crippen LogP contribution in [0.1, 0.15) is 24.5 Å². The molecule has 0 saturated carbocycles. The van der Waals surface area contributed by atoms with E-state index in [1.165, 1.54) is 0 Å². The van der Waals surface area contributed by atoms with Crippen molar-refractivity contribution in [3.63, 3.8) is 0 Å². The van der Waals surface area contributed by atoms with Gasteiger partial charge in [0.05, 0.1) is 18.9 Å². The first-order valence-corrected chi connectivity index (χ1v) is 5.92. The molecule has 1 atom stereocenters. The number of hydrogen-bond acceptors (Lipinski definition) is 4. The molecular formula is C13H19NO3. The van der Waals surface area contributed by atoms with E-state index in [9.17, 15) is 5.11 Å². The highest BCUT2D eigenvalue weighted by molar-refractivity contribution is 5.59. The van der Waals surface area contributed by atoms with E-state index in [0.717, 1.165) is 18.4 Å². The van der Waals surface area contributed by atoms with E-state index in [2.05, 4.69) is 0 Å². The molecule has 0 aromatic heterocycles. The summed E-state index contributed by atoms with van der Waals surface area (Å²) in [6.07, 6.45) is 1.21. The Labute approximate surface area is 101 Å². The van der Waals surface area contributed by atoms with Crippen LogP contribution in [0.5, 0.6) is 5.75 Å². The molecule has 3 N–H and O–H groups in total. The van der Waals surface area contributed by atoms with E-state index < -0.39 is 6.10 Å². The Morgan fingerprint density at radius 3 is 2.76 bits per heavy atom. The second-order valence-corrected chi connectivity index (χ2v) is 4.36. The van der Waals surface area contributed by atoms with Crippen LogP contribution in [0.4, 0.5) is 5.69 Å². The number of nitrogens with two attached hydrogens (primary N) is 1. The molecule has 4 heteroatoms. The maximum Gasteiger partial charge on any atom is 0.142 e. The topological polar surface area (TPSA) is 64.7 Å². The maximum absolute atomic E-state index is 10.4. The van der Waals surface area contributed by atoms with Gasteiger partial charge in [0.15, 0.2) is 0 Å². The van der Waals surface area contributed by atoms with Crippen LogP contribution in [0.2, 0.25) is 0 Å². The van der Waals surface area contributed by atoms with E-state index in [-0.39, 0.29) is 5.92 Å². The van der Waals surface area contributed by atoms with E-state index in [4.69, 9.17) is 15.2 Å². The third kappa shape index (κ3) is 2.53. The van der Waals surface area contributed by atoms with Crippen molar-refractivity contribution >= 4 is 5.69 Å². The largest absolute Gasteiger partial charge is 0.495 e. The Morgan fingerprint density at radius 1 is 1.41 bits per heavy atom. The van der Waals surface area contributed by atoms with Crippen molar-refractivity contribution in [2.45, 2.75) is 18.9 Å². The fraction of sp³-hybridized carbons (Fsp3) is 0.538. The zero-order chi connectivity index (χ0) is 12.3. The molecule has 0 aliphatic carbocycles. The molecule has 1 aliphatic heterocycles. The molecule has 0 radical (unpaired) electrons. The highest BCUT2D eigenvalue weighted by Gasteiger charge is 2.25. The molecule has 94 valence electrons. The number of anilines is 1. The number of methoxy groups -OCH3 is 1. The number of benzene rings is 1. The molecule has 0 bridgehead atoms. The smallest absolute Gasteiger partial charge is 0.142 e. The van der Waals surface area contributed by atoms with Gasteiger partial charge in [-0.3, -0.25) is 0 Å². The molecule has 1 aromatic rings. The summed E-state index contributed by atoms with van der Waals surface area (Å²) in [6, 6.07) is 5.51. The van der Waals surface area contributed by atoms with Crippen molar-refractivity contribution in [1.82, 2.24) is 0 Å². The Balaban J connectivity index is 2.20. The van der Waals surface area contributed by atoms with Crippen LogP contribution in [-0.4, -0.2) is 25.4 Å². The van der Waals surface area contributed by atoms with E-state index in [1.807, 2.05) is 12.1 Å². The van der Waals surface area contributed by atoms with Gasteiger partial charge in [-0.25, -0.2) is 0 Å². The van der Waals surface area contributed by atoms with Crippen LogP contribution in [0.25, 0.3) is 0 Å². The number of nitrogen functional groups attached to an aromatic ring is 1. The monoisotopic (exact) mass is 237 g/mol. The second-order valence-electron chi connectivity index (χ2n) is 4.36. The third-order valence-electron chi connectivity index (χ3n) is 3.35. The van der Waals surface area contributed by atoms with Crippen LogP contribution in [-0.2, 0) is 4.74 Å². The number of aliphatic hydroxyl groups is 1. The summed E-state index contributed by atoms with van der Waals surface area (Å²) in [7, 11) is 1.58. The summed E-state index contributed by atoms with van der Waals surface area (Å²) in [5.41, 5.74) is 7.28. The van der Waals surface area contributed by atoms with Gasteiger partial charge in [-0.1, -0.05) is 12.1 Å². The van der Waals surface area contributed by atoms with Gasteiger partial charge in [0.25, 0.3) is 0 Å². The molecule has 2 rings (SSSR count). The molecule has 1 saturated heterocycles. The first-order chi connectivity index (χ1) is 8.24. The lowest BCUT2D eigenvalue weighted by Gasteiger charge is -2.28.